The predicted octanol–water partition coefficient (Wildman–Crippen LogP) is 3.86. The number of hydrogen-bond acceptors (Lipinski definition) is 4. The van der Waals surface area contributed by atoms with Gasteiger partial charge in [-0.3, -0.25) is 9.59 Å². The number of carbonyl (C=O) groups is 3. The van der Waals surface area contributed by atoms with Gasteiger partial charge in [-0.25, -0.2) is 4.79 Å². The maximum absolute atomic E-state index is 12.3. The van der Waals surface area contributed by atoms with Crippen LogP contribution in [0.15, 0.2) is 60.3 Å². The third-order valence-electron chi connectivity index (χ3n) is 4.35. The summed E-state index contributed by atoms with van der Waals surface area (Å²) in [4.78, 5) is 35.8. The number of anilines is 1. The molecule has 0 aromatic heterocycles. The van der Waals surface area contributed by atoms with Crippen LogP contribution in [0.3, 0.4) is 0 Å². The van der Waals surface area contributed by atoms with E-state index < -0.39 is 24.4 Å². The van der Waals surface area contributed by atoms with E-state index in [0.717, 1.165) is 12.0 Å². The highest BCUT2D eigenvalue weighted by atomic mass is 16.5. The lowest BCUT2D eigenvalue weighted by molar-refractivity contribution is -0.144. The number of hydrogen-bond donors (Lipinski definition) is 2. The summed E-state index contributed by atoms with van der Waals surface area (Å²) >= 11 is 0. The first-order chi connectivity index (χ1) is 13.9. The Labute approximate surface area is 171 Å². The van der Waals surface area contributed by atoms with Crippen LogP contribution >= 0.6 is 0 Å². The van der Waals surface area contributed by atoms with Crippen LogP contribution in [-0.2, 0) is 19.1 Å². The molecule has 0 saturated carbocycles. The summed E-state index contributed by atoms with van der Waals surface area (Å²) < 4.78 is 5.06. The van der Waals surface area contributed by atoms with Crippen molar-refractivity contribution in [3.8, 4) is 0 Å². The van der Waals surface area contributed by atoms with E-state index in [0.29, 0.717) is 11.6 Å². The number of rotatable bonds is 8. The fraction of sp³-hybridized carbons (Fsp3) is 0.261. The second-order valence-corrected chi connectivity index (χ2v) is 6.71. The van der Waals surface area contributed by atoms with E-state index in [1.54, 1.807) is 12.1 Å². The highest BCUT2D eigenvalue weighted by Crippen LogP contribution is 2.20. The molecule has 6 heteroatoms. The monoisotopic (exact) mass is 394 g/mol. The molecule has 0 spiro atoms. The molecule has 0 aliphatic heterocycles. The summed E-state index contributed by atoms with van der Waals surface area (Å²) in [5.41, 5.74) is 2.51. The highest BCUT2D eigenvalue weighted by molar-refractivity contribution is 5.99. The topological polar surface area (TPSA) is 84.5 Å². The Bertz CT molecular complexity index is 874. The molecule has 6 nitrogen and oxygen atoms in total. The molecule has 29 heavy (non-hydrogen) atoms. The van der Waals surface area contributed by atoms with Gasteiger partial charge in [0.15, 0.2) is 6.61 Å². The maximum Gasteiger partial charge on any atom is 0.355 e. The summed E-state index contributed by atoms with van der Waals surface area (Å²) in [5.74, 6) is -1.21. The zero-order valence-corrected chi connectivity index (χ0v) is 16.9. The van der Waals surface area contributed by atoms with Crippen molar-refractivity contribution in [2.45, 2.75) is 33.1 Å². The van der Waals surface area contributed by atoms with Crippen molar-refractivity contribution in [2.75, 3.05) is 11.9 Å². The highest BCUT2D eigenvalue weighted by Gasteiger charge is 2.15. The van der Waals surface area contributed by atoms with E-state index >= 15 is 0 Å². The second-order valence-electron chi connectivity index (χ2n) is 6.71. The summed E-state index contributed by atoms with van der Waals surface area (Å²) in [7, 11) is 0. The van der Waals surface area contributed by atoms with Gasteiger partial charge in [0.05, 0.1) is 0 Å². The minimum Gasteiger partial charge on any atom is -0.451 e. The molecule has 1 atom stereocenters. The van der Waals surface area contributed by atoms with Gasteiger partial charge in [0.2, 0.25) is 5.91 Å². The van der Waals surface area contributed by atoms with Gasteiger partial charge in [-0.15, -0.1) is 0 Å². The van der Waals surface area contributed by atoms with Crippen LogP contribution < -0.4 is 10.6 Å². The third-order valence-corrected chi connectivity index (χ3v) is 4.35. The molecule has 2 amide bonds. The zero-order valence-electron chi connectivity index (χ0n) is 16.9. The summed E-state index contributed by atoms with van der Waals surface area (Å²) in [6.07, 6.45) is 2.53. The van der Waals surface area contributed by atoms with Gasteiger partial charge < -0.3 is 15.4 Å². The average molecular weight is 394 g/mol. The molecule has 2 aromatic carbocycles. The van der Waals surface area contributed by atoms with E-state index in [2.05, 4.69) is 24.5 Å². The summed E-state index contributed by atoms with van der Waals surface area (Å²) in [6.45, 7) is 5.10. The van der Waals surface area contributed by atoms with Gasteiger partial charge in [-0.05, 0) is 41.7 Å². The molecule has 0 radical (unpaired) electrons. The van der Waals surface area contributed by atoms with Crippen molar-refractivity contribution in [3.63, 3.8) is 0 Å². The third kappa shape index (κ3) is 7.25. The first kappa shape index (κ1) is 21.9. The predicted molar refractivity (Wildman–Crippen MR) is 113 cm³/mol. The van der Waals surface area contributed by atoms with Gasteiger partial charge in [-0.1, -0.05) is 56.3 Å². The first-order valence-corrected chi connectivity index (χ1v) is 9.50. The Kier molecular flexibility index (Phi) is 8.15. The molecule has 0 aliphatic carbocycles. The Balaban J connectivity index is 1.95. The number of benzene rings is 2. The van der Waals surface area contributed by atoms with E-state index in [9.17, 15) is 14.4 Å². The van der Waals surface area contributed by atoms with Gasteiger partial charge in [0, 0.05) is 12.6 Å². The lowest BCUT2D eigenvalue weighted by Crippen LogP contribution is -2.28. The Morgan fingerprint density at radius 2 is 1.69 bits per heavy atom. The van der Waals surface area contributed by atoms with Gasteiger partial charge in [-0.2, -0.15) is 0 Å². The van der Waals surface area contributed by atoms with Crippen molar-refractivity contribution in [1.29, 1.82) is 0 Å². The van der Waals surface area contributed by atoms with Crippen LogP contribution in [-0.4, -0.2) is 24.4 Å². The Morgan fingerprint density at radius 3 is 2.28 bits per heavy atom. The van der Waals surface area contributed by atoms with Crippen LogP contribution in [0, 0.1) is 0 Å². The second kappa shape index (κ2) is 10.8. The Morgan fingerprint density at radius 1 is 1.03 bits per heavy atom. The van der Waals surface area contributed by atoms with E-state index in [-0.39, 0.29) is 5.70 Å². The van der Waals surface area contributed by atoms with Crippen LogP contribution in [0.5, 0.6) is 0 Å². The molecule has 2 N–H and O–H groups in total. The fourth-order valence-corrected chi connectivity index (χ4v) is 2.59. The van der Waals surface area contributed by atoms with Gasteiger partial charge >= 0.3 is 5.97 Å². The Hall–Kier alpha value is -3.41. The smallest absolute Gasteiger partial charge is 0.355 e. The molecular formula is C23H26N2O4. The average Bonchev–Trinajstić information content (AvgIpc) is 2.72. The molecular weight excluding hydrogens is 368 g/mol. The lowest BCUT2D eigenvalue weighted by atomic mass is 9.99. The van der Waals surface area contributed by atoms with Gasteiger partial charge in [0.1, 0.15) is 5.70 Å². The van der Waals surface area contributed by atoms with Crippen molar-refractivity contribution < 1.29 is 19.1 Å². The number of ether oxygens (including phenoxy) is 1. The van der Waals surface area contributed by atoms with Crippen molar-refractivity contribution in [1.82, 2.24) is 5.32 Å². The van der Waals surface area contributed by atoms with E-state index in [4.69, 9.17) is 4.74 Å². The summed E-state index contributed by atoms with van der Waals surface area (Å²) in [6, 6.07) is 16.6. The summed E-state index contributed by atoms with van der Waals surface area (Å²) in [5, 5.41) is 5.13. The van der Waals surface area contributed by atoms with Crippen molar-refractivity contribution in [3.05, 3.63) is 71.4 Å². The molecule has 0 saturated heterocycles. The first-order valence-electron chi connectivity index (χ1n) is 9.50. The lowest BCUT2D eigenvalue weighted by Gasteiger charge is -2.11. The van der Waals surface area contributed by atoms with Gasteiger partial charge in [0.25, 0.3) is 5.91 Å². The number of carbonyl (C=O) groups excluding carboxylic acids is 3. The minimum atomic E-state index is -0.786. The molecule has 0 bridgehead atoms. The maximum atomic E-state index is 12.3. The number of esters is 1. The molecule has 2 aromatic rings. The van der Waals surface area contributed by atoms with Crippen LogP contribution in [0.25, 0.3) is 6.08 Å². The molecule has 2 rings (SSSR count). The molecule has 0 heterocycles. The molecule has 1 unspecified atom stereocenters. The fourth-order valence-electron chi connectivity index (χ4n) is 2.59. The number of amides is 2. The minimum absolute atomic E-state index is 0.0330. The molecule has 0 aliphatic rings. The van der Waals surface area contributed by atoms with E-state index in [1.165, 1.54) is 18.6 Å². The van der Waals surface area contributed by atoms with E-state index in [1.807, 2.05) is 42.5 Å². The van der Waals surface area contributed by atoms with Crippen molar-refractivity contribution >= 4 is 29.5 Å². The quantitative estimate of drug-likeness (QED) is 0.526. The SMILES string of the molecule is CCC(C)c1ccc(NC(=O)COC(=O)/C(=C/c2ccccc2)NC(C)=O)cc1. The normalized spacial score (nSPS) is 12.0. The number of nitrogens with one attached hydrogen (secondary N) is 2. The van der Waals surface area contributed by atoms with Crippen molar-refractivity contribution in [2.24, 2.45) is 0 Å². The molecule has 152 valence electrons. The van der Waals surface area contributed by atoms with Crippen LogP contribution in [0.1, 0.15) is 44.2 Å². The van der Waals surface area contributed by atoms with Crippen LogP contribution in [0.2, 0.25) is 0 Å². The van der Waals surface area contributed by atoms with Crippen LogP contribution in [0.4, 0.5) is 5.69 Å². The standard InChI is InChI=1S/C23H26N2O4/c1-4-16(2)19-10-12-20(13-11-19)25-22(27)15-29-23(28)21(24-17(3)26)14-18-8-6-5-7-9-18/h5-14,16H,4,15H2,1-3H3,(H,24,26)(H,25,27)/b21-14-. The largest absolute Gasteiger partial charge is 0.451 e. The zero-order chi connectivity index (χ0) is 21.2. The molecule has 0 fully saturated rings.